The average Bonchev–Trinajstić information content (AvgIpc) is 2.85. The number of rotatable bonds is 4. The third kappa shape index (κ3) is 3.09. The van der Waals surface area contributed by atoms with Gasteiger partial charge >= 0.3 is 11.7 Å². The highest BCUT2D eigenvalue weighted by molar-refractivity contribution is 7.20. The minimum atomic E-state index is -0.590. The average molecular weight is 330 g/mol. The number of hydrogen-bond donors (Lipinski definition) is 2. The number of benzene rings is 1. The lowest BCUT2D eigenvalue weighted by Crippen LogP contribution is -2.21. The summed E-state index contributed by atoms with van der Waals surface area (Å²) in [5.41, 5.74) is 0.509. The number of carbonyl (C=O) groups is 1. The fraction of sp³-hybridized carbons (Fsp3) is 0.188. The van der Waals surface area contributed by atoms with Crippen LogP contribution in [0.2, 0.25) is 0 Å². The first kappa shape index (κ1) is 15.2. The number of ether oxygens (including phenoxy) is 1. The molecule has 0 aliphatic rings. The van der Waals surface area contributed by atoms with Crippen molar-refractivity contribution in [2.75, 3.05) is 6.61 Å². The van der Waals surface area contributed by atoms with Gasteiger partial charge < -0.3 is 4.74 Å². The SMILES string of the molecule is Cc1c(C(=O)OCCc2ccccc2)sc2[nH]c(=O)[nH]c(=O)c12. The first-order valence-corrected chi connectivity index (χ1v) is 7.84. The molecule has 0 unspecified atom stereocenters. The number of carbonyl (C=O) groups excluding carboxylic acids is 1. The van der Waals surface area contributed by atoms with Crippen molar-refractivity contribution in [2.45, 2.75) is 13.3 Å². The van der Waals surface area contributed by atoms with E-state index in [1.54, 1.807) is 6.92 Å². The van der Waals surface area contributed by atoms with Crippen LogP contribution in [0.5, 0.6) is 0 Å². The Kier molecular flexibility index (Phi) is 4.12. The quantitative estimate of drug-likeness (QED) is 0.716. The molecule has 2 aromatic heterocycles. The molecule has 118 valence electrons. The zero-order chi connectivity index (χ0) is 16.4. The Morgan fingerprint density at radius 3 is 2.65 bits per heavy atom. The molecule has 3 rings (SSSR count). The van der Waals surface area contributed by atoms with Gasteiger partial charge in [0.1, 0.15) is 9.71 Å². The van der Waals surface area contributed by atoms with E-state index >= 15 is 0 Å². The molecule has 6 nitrogen and oxygen atoms in total. The molecule has 0 fully saturated rings. The van der Waals surface area contributed by atoms with E-state index in [1.807, 2.05) is 30.3 Å². The maximum Gasteiger partial charge on any atom is 0.348 e. The van der Waals surface area contributed by atoms with Crippen molar-refractivity contribution in [3.05, 3.63) is 67.2 Å². The number of esters is 1. The van der Waals surface area contributed by atoms with E-state index in [1.165, 1.54) is 0 Å². The van der Waals surface area contributed by atoms with Gasteiger partial charge in [0.2, 0.25) is 0 Å². The molecular formula is C16H14N2O4S. The van der Waals surface area contributed by atoms with Crippen molar-refractivity contribution in [1.82, 2.24) is 9.97 Å². The van der Waals surface area contributed by atoms with E-state index in [4.69, 9.17) is 4.74 Å². The lowest BCUT2D eigenvalue weighted by Gasteiger charge is -2.04. The highest BCUT2D eigenvalue weighted by atomic mass is 32.1. The van der Waals surface area contributed by atoms with Gasteiger partial charge in [0, 0.05) is 6.42 Å². The Hall–Kier alpha value is -2.67. The maximum absolute atomic E-state index is 12.2. The Labute approximate surface area is 134 Å². The molecule has 0 aliphatic carbocycles. The van der Waals surface area contributed by atoms with E-state index in [0.29, 0.717) is 27.1 Å². The van der Waals surface area contributed by atoms with E-state index in [0.717, 1.165) is 16.9 Å². The summed E-state index contributed by atoms with van der Waals surface area (Å²) in [4.78, 5) is 40.7. The van der Waals surface area contributed by atoms with E-state index in [-0.39, 0.29) is 6.61 Å². The molecular weight excluding hydrogens is 316 g/mol. The molecule has 2 N–H and O–H groups in total. The third-order valence-electron chi connectivity index (χ3n) is 3.48. The molecule has 0 bridgehead atoms. The van der Waals surface area contributed by atoms with Crippen LogP contribution in [0.3, 0.4) is 0 Å². The molecule has 1 aromatic carbocycles. The highest BCUT2D eigenvalue weighted by Gasteiger charge is 2.19. The normalized spacial score (nSPS) is 10.8. The molecule has 23 heavy (non-hydrogen) atoms. The summed E-state index contributed by atoms with van der Waals surface area (Å²) >= 11 is 1.06. The molecule has 2 heterocycles. The van der Waals surface area contributed by atoms with Crippen LogP contribution >= 0.6 is 11.3 Å². The van der Waals surface area contributed by atoms with Gasteiger partial charge in [0.15, 0.2) is 0 Å². The minimum absolute atomic E-state index is 0.253. The molecule has 0 saturated carbocycles. The van der Waals surface area contributed by atoms with Crippen LogP contribution in [-0.4, -0.2) is 22.5 Å². The van der Waals surface area contributed by atoms with Crippen LogP contribution in [0.1, 0.15) is 20.8 Å². The van der Waals surface area contributed by atoms with Crippen LogP contribution in [0.15, 0.2) is 39.9 Å². The summed E-state index contributed by atoms with van der Waals surface area (Å²) in [6, 6.07) is 9.70. The fourth-order valence-electron chi connectivity index (χ4n) is 2.34. The molecule has 0 amide bonds. The van der Waals surface area contributed by atoms with E-state index < -0.39 is 17.2 Å². The Morgan fingerprint density at radius 2 is 1.91 bits per heavy atom. The summed E-state index contributed by atoms with van der Waals surface area (Å²) in [6.07, 6.45) is 0.619. The third-order valence-corrected chi connectivity index (χ3v) is 4.67. The second-order valence-electron chi connectivity index (χ2n) is 5.04. The number of thiophene rings is 1. The maximum atomic E-state index is 12.2. The topological polar surface area (TPSA) is 92.0 Å². The number of aryl methyl sites for hydroxylation is 1. The Bertz CT molecular complexity index is 969. The summed E-state index contributed by atoms with van der Waals surface area (Å²) in [6.45, 7) is 1.92. The molecule has 7 heteroatoms. The van der Waals surface area contributed by atoms with Crippen LogP contribution in [0.25, 0.3) is 10.2 Å². The van der Waals surface area contributed by atoms with E-state index in [2.05, 4.69) is 9.97 Å². The highest BCUT2D eigenvalue weighted by Crippen LogP contribution is 2.26. The first-order chi connectivity index (χ1) is 11.1. The van der Waals surface area contributed by atoms with Gasteiger partial charge in [-0.1, -0.05) is 30.3 Å². The lowest BCUT2D eigenvalue weighted by atomic mass is 10.2. The predicted octanol–water partition coefficient (Wildman–Crippen LogP) is 1.99. The van der Waals surface area contributed by atoms with Crippen LogP contribution in [0, 0.1) is 6.92 Å². The summed E-state index contributed by atoms with van der Waals surface area (Å²) in [5, 5.41) is 0.324. The Balaban J connectivity index is 1.79. The van der Waals surface area contributed by atoms with Gasteiger partial charge in [0.05, 0.1) is 12.0 Å². The van der Waals surface area contributed by atoms with Gasteiger partial charge in [-0.3, -0.25) is 14.8 Å². The monoisotopic (exact) mass is 330 g/mol. The molecule has 3 aromatic rings. The minimum Gasteiger partial charge on any atom is -0.461 e. The first-order valence-electron chi connectivity index (χ1n) is 7.03. The molecule has 0 atom stereocenters. The van der Waals surface area contributed by atoms with Gasteiger partial charge in [-0.15, -0.1) is 11.3 Å². The largest absolute Gasteiger partial charge is 0.461 e. The standard InChI is InChI=1S/C16H14N2O4S/c1-9-11-13(19)17-16(21)18-14(11)23-12(9)15(20)22-8-7-10-5-3-2-4-6-10/h2-6H,7-8H2,1H3,(H2,17,18,19,21). The molecule has 0 spiro atoms. The summed E-state index contributed by atoms with van der Waals surface area (Å²) in [5.74, 6) is -0.486. The van der Waals surface area contributed by atoms with Gasteiger partial charge in [-0.25, -0.2) is 9.59 Å². The van der Waals surface area contributed by atoms with Crippen molar-refractivity contribution < 1.29 is 9.53 Å². The fourth-order valence-corrected chi connectivity index (χ4v) is 3.43. The van der Waals surface area contributed by atoms with Crippen LogP contribution in [0.4, 0.5) is 0 Å². The van der Waals surface area contributed by atoms with Crippen LogP contribution < -0.4 is 11.2 Å². The number of nitrogens with one attached hydrogen (secondary N) is 2. The predicted molar refractivity (Wildman–Crippen MR) is 88.2 cm³/mol. The lowest BCUT2D eigenvalue weighted by molar-refractivity contribution is 0.0514. The smallest absolute Gasteiger partial charge is 0.348 e. The zero-order valence-electron chi connectivity index (χ0n) is 12.3. The Morgan fingerprint density at radius 1 is 1.17 bits per heavy atom. The summed E-state index contributed by atoms with van der Waals surface area (Å²) < 4.78 is 5.28. The molecule has 0 aliphatic heterocycles. The van der Waals surface area contributed by atoms with Crippen molar-refractivity contribution in [2.24, 2.45) is 0 Å². The van der Waals surface area contributed by atoms with E-state index in [9.17, 15) is 14.4 Å². The van der Waals surface area contributed by atoms with Crippen LogP contribution in [-0.2, 0) is 11.2 Å². The zero-order valence-corrected chi connectivity index (χ0v) is 13.2. The second-order valence-corrected chi connectivity index (χ2v) is 6.06. The summed E-state index contributed by atoms with van der Waals surface area (Å²) in [7, 11) is 0. The molecule has 0 saturated heterocycles. The molecule has 0 radical (unpaired) electrons. The van der Waals surface area contributed by atoms with Gasteiger partial charge in [-0.05, 0) is 18.1 Å². The second kappa shape index (κ2) is 6.21. The van der Waals surface area contributed by atoms with Crippen molar-refractivity contribution in [1.29, 1.82) is 0 Å². The number of aromatic nitrogens is 2. The van der Waals surface area contributed by atoms with Crippen molar-refractivity contribution in [3.8, 4) is 0 Å². The number of fused-ring (bicyclic) bond motifs is 1. The van der Waals surface area contributed by atoms with Crippen molar-refractivity contribution >= 4 is 27.5 Å². The van der Waals surface area contributed by atoms with Gasteiger partial charge in [-0.2, -0.15) is 0 Å². The van der Waals surface area contributed by atoms with Gasteiger partial charge in [0.25, 0.3) is 5.56 Å². The van der Waals surface area contributed by atoms with Crippen molar-refractivity contribution in [3.63, 3.8) is 0 Å². The number of H-pyrrole nitrogens is 2. The number of aromatic amines is 2. The number of hydrogen-bond acceptors (Lipinski definition) is 5.